The number of thiophene rings is 1. The van der Waals surface area contributed by atoms with Gasteiger partial charge in [-0.1, -0.05) is 12.2 Å². The van der Waals surface area contributed by atoms with Crippen molar-refractivity contribution in [1.29, 1.82) is 0 Å². The quantitative estimate of drug-likeness (QED) is 0.454. The molecule has 8 nitrogen and oxygen atoms in total. The highest BCUT2D eigenvalue weighted by Gasteiger charge is 2.46. The van der Waals surface area contributed by atoms with E-state index in [0.717, 1.165) is 10.4 Å². The van der Waals surface area contributed by atoms with E-state index in [0.29, 0.717) is 23.1 Å². The minimum absolute atomic E-state index is 0.00972. The summed E-state index contributed by atoms with van der Waals surface area (Å²) in [6.45, 7) is 3.64. The number of nitrogens with one attached hydrogen (secondary N) is 1. The van der Waals surface area contributed by atoms with Gasteiger partial charge in [-0.3, -0.25) is 24.1 Å². The van der Waals surface area contributed by atoms with Crippen molar-refractivity contribution < 1.29 is 19.1 Å². The lowest BCUT2D eigenvalue weighted by molar-refractivity contribution is -0.147. The lowest BCUT2D eigenvalue weighted by Gasteiger charge is -2.14. The van der Waals surface area contributed by atoms with Crippen molar-refractivity contribution in [2.24, 2.45) is 11.8 Å². The molecule has 4 rings (SSSR count). The topological polar surface area (TPSA) is 109 Å². The van der Waals surface area contributed by atoms with Crippen LogP contribution in [-0.4, -0.2) is 39.2 Å². The van der Waals surface area contributed by atoms with Crippen LogP contribution in [0.2, 0.25) is 0 Å². The maximum atomic E-state index is 12.4. The molecule has 0 saturated carbocycles. The summed E-state index contributed by atoms with van der Waals surface area (Å²) in [5.74, 6) is -1.32. The van der Waals surface area contributed by atoms with E-state index in [1.54, 1.807) is 0 Å². The summed E-state index contributed by atoms with van der Waals surface area (Å²) in [6, 6.07) is 0. The summed E-state index contributed by atoms with van der Waals surface area (Å²) < 4.78 is 5.19. The Balaban J connectivity index is 1.35. The molecule has 2 amide bonds. The number of fused-ring (bicyclic) bond motifs is 2. The molecule has 9 heteroatoms. The standard InChI is InChI=1S/C20H21N3O5S/c1-10-11(2)29-18-16(10)17(25)21-14(22-18)9-28-15(24)7-8-23-19(26)12-5-3-4-6-13(12)20(23)27/h3-4,12-13H,5-9H2,1-2H3,(H,21,22,25)/t12-,13+. The molecule has 0 radical (unpaired) electrons. The molecule has 0 spiro atoms. The number of nitrogens with zero attached hydrogens (tertiary/aromatic N) is 2. The Morgan fingerprint density at radius 3 is 2.52 bits per heavy atom. The predicted octanol–water partition coefficient (Wildman–Crippen LogP) is 1.99. The molecule has 152 valence electrons. The van der Waals surface area contributed by atoms with Crippen LogP contribution in [0.15, 0.2) is 16.9 Å². The molecule has 1 saturated heterocycles. The number of amides is 2. The van der Waals surface area contributed by atoms with Crippen LogP contribution >= 0.6 is 11.3 Å². The van der Waals surface area contributed by atoms with Crippen molar-refractivity contribution in [3.63, 3.8) is 0 Å². The average molecular weight is 415 g/mol. The minimum Gasteiger partial charge on any atom is -0.457 e. The number of H-pyrrole nitrogens is 1. The van der Waals surface area contributed by atoms with Crippen LogP contribution in [-0.2, 0) is 25.7 Å². The highest BCUT2D eigenvalue weighted by Crippen LogP contribution is 2.35. The number of ether oxygens (including phenoxy) is 1. The van der Waals surface area contributed by atoms with E-state index in [2.05, 4.69) is 9.97 Å². The first-order valence-corrected chi connectivity index (χ1v) is 10.3. The van der Waals surface area contributed by atoms with Gasteiger partial charge in [-0.05, 0) is 32.3 Å². The number of aryl methyl sites for hydroxylation is 2. The molecule has 1 aliphatic heterocycles. The van der Waals surface area contributed by atoms with Crippen molar-refractivity contribution in [1.82, 2.24) is 14.9 Å². The van der Waals surface area contributed by atoms with Crippen LogP contribution in [0.25, 0.3) is 10.2 Å². The smallest absolute Gasteiger partial charge is 0.308 e. The normalized spacial score (nSPS) is 21.1. The van der Waals surface area contributed by atoms with Crippen LogP contribution in [0.1, 0.15) is 35.5 Å². The summed E-state index contributed by atoms with van der Waals surface area (Å²) in [6.07, 6.45) is 4.89. The molecule has 0 unspecified atom stereocenters. The van der Waals surface area contributed by atoms with Crippen LogP contribution < -0.4 is 5.56 Å². The number of hydrogen-bond acceptors (Lipinski definition) is 7. The lowest BCUT2D eigenvalue weighted by atomic mass is 9.85. The van der Waals surface area contributed by atoms with E-state index in [4.69, 9.17) is 4.74 Å². The summed E-state index contributed by atoms with van der Waals surface area (Å²) in [5.41, 5.74) is 0.644. The first-order chi connectivity index (χ1) is 13.9. The zero-order chi connectivity index (χ0) is 20.7. The summed E-state index contributed by atoms with van der Waals surface area (Å²) in [4.78, 5) is 59.0. The van der Waals surface area contributed by atoms with Gasteiger partial charge in [-0.25, -0.2) is 4.98 Å². The molecule has 1 aliphatic carbocycles. The second kappa shape index (κ2) is 7.55. The van der Waals surface area contributed by atoms with Crippen LogP contribution in [0, 0.1) is 25.7 Å². The van der Waals surface area contributed by atoms with Crippen molar-refractivity contribution in [3.8, 4) is 0 Å². The van der Waals surface area contributed by atoms with Crippen LogP contribution in [0.4, 0.5) is 0 Å². The molecule has 1 fully saturated rings. The summed E-state index contributed by atoms with van der Waals surface area (Å²) >= 11 is 1.42. The Kier molecular flexibility index (Phi) is 5.08. The molecule has 2 aromatic heterocycles. The van der Waals surface area contributed by atoms with E-state index >= 15 is 0 Å². The maximum absolute atomic E-state index is 12.4. The lowest BCUT2D eigenvalue weighted by Crippen LogP contribution is -2.33. The fourth-order valence-corrected chi connectivity index (χ4v) is 4.93. The van der Waals surface area contributed by atoms with Gasteiger partial charge in [-0.15, -0.1) is 11.3 Å². The highest BCUT2D eigenvalue weighted by molar-refractivity contribution is 7.18. The van der Waals surface area contributed by atoms with Crippen molar-refractivity contribution >= 4 is 39.3 Å². The molecule has 29 heavy (non-hydrogen) atoms. The number of esters is 1. The Morgan fingerprint density at radius 2 is 1.86 bits per heavy atom. The number of hydrogen-bond donors (Lipinski definition) is 1. The maximum Gasteiger partial charge on any atom is 0.308 e. The number of carbonyl (C=O) groups is 3. The van der Waals surface area contributed by atoms with E-state index in [-0.39, 0.29) is 54.6 Å². The molecular weight excluding hydrogens is 394 g/mol. The zero-order valence-corrected chi connectivity index (χ0v) is 17.0. The number of likely N-dealkylation sites (tertiary alicyclic amines) is 1. The molecule has 2 aromatic rings. The molecule has 0 aromatic carbocycles. The molecule has 2 atom stereocenters. The van der Waals surface area contributed by atoms with Gasteiger partial charge in [0.15, 0.2) is 0 Å². The van der Waals surface area contributed by atoms with Gasteiger partial charge in [-0.2, -0.15) is 0 Å². The third kappa shape index (κ3) is 3.50. The van der Waals surface area contributed by atoms with E-state index < -0.39 is 5.97 Å². The fraction of sp³-hybridized carbons (Fsp3) is 0.450. The Hall–Kier alpha value is -2.81. The number of carbonyl (C=O) groups excluding carboxylic acids is 3. The second-order valence-electron chi connectivity index (χ2n) is 7.37. The van der Waals surface area contributed by atoms with Crippen molar-refractivity contribution in [2.75, 3.05) is 6.54 Å². The van der Waals surface area contributed by atoms with Gasteiger partial charge < -0.3 is 9.72 Å². The minimum atomic E-state index is -0.556. The SMILES string of the molecule is Cc1sc2nc(COC(=O)CCN3C(=O)[C@H]4CC=CC[C@H]4C3=O)[nH]c(=O)c2c1C. The number of rotatable bonds is 5. The van der Waals surface area contributed by atoms with E-state index in [1.807, 2.05) is 26.0 Å². The van der Waals surface area contributed by atoms with Gasteiger partial charge in [0.2, 0.25) is 11.8 Å². The molecule has 0 bridgehead atoms. The first kappa shape index (κ1) is 19.5. The largest absolute Gasteiger partial charge is 0.457 e. The van der Waals surface area contributed by atoms with Crippen LogP contribution in [0.3, 0.4) is 0 Å². The van der Waals surface area contributed by atoms with Crippen molar-refractivity contribution in [3.05, 3.63) is 38.8 Å². The molecule has 2 aliphatic rings. The summed E-state index contributed by atoms with van der Waals surface area (Å²) in [5, 5.41) is 0.560. The van der Waals surface area contributed by atoms with Gasteiger partial charge in [0.05, 0.1) is 23.6 Å². The zero-order valence-electron chi connectivity index (χ0n) is 16.2. The molecule has 3 heterocycles. The van der Waals surface area contributed by atoms with E-state index in [1.165, 1.54) is 16.2 Å². The predicted molar refractivity (Wildman–Crippen MR) is 106 cm³/mol. The van der Waals surface area contributed by atoms with Crippen molar-refractivity contribution in [2.45, 2.75) is 39.7 Å². The second-order valence-corrected chi connectivity index (χ2v) is 8.57. The highest BCUT2D eigenvalue weighted by atomic mass is 32.1. The number of aromatic nitrogens is 2. The number of aromatic amines is 1. The van der Waals surface area contributed by atoms with Crippen LogP contribution in [0.5, 0.6) is 0 Å². The van der Waals surface area contributed by atoms with Gasteiger partial charge >= 0.3 is 5.97 Å². The Morgan fingerprint density at radius 1 is 1.21 bits per heavy atom. The number of allylic oxidation sites excluding steroid dienone is 2. The van der Waals surface area contributed by atoms with Gasteiger partial charge in [0, 0.05) is 11.4 Å². The van der Waals surface area contributed by atoms with Gasteiger partial charge in [0.25, 0.3) is 5.56 Å². The third-order valence-corrected chi connectivity index (χ3v) is 6.70. The van der Waals surface area contributed by atoms with Gasteiger partial charge in [0.1, 0.15) is 17.3 Å². The molecular formula is C20H21N3O5S. The fourth-order valence-electron chi connectivity index (χ4n) is 3.88. The first-order valence-electron chi connectivity index (χ1n) is 9.51. The third-order valence-electron chi connectivity index (χ3n) is 5.60. The van der Waals surface area contributed by atoms with E-state index in [9.17, 15) is 19.2 Å². The summed E-state index contributed by atoms with van der Waals surface area (Å²) in [7, 11) is 0. The monoisotopic (exact) mass is 415 g/mol. The average Bonchev–Trinajstić information content (AvgIpc) is 3.12. The molecule has 1 N–H and O–H groups in total. The number of imide groups is 1. The Labute approximate surface area is 170 Å². The Bertz CT molecular complexity index is 1070.